The average molecular weight is 479 g/mol. The Morgan fingerprint density at radius 2 is 1.60 bits per heavy atom. The number of carbonyl (C=O) groups excluding carboxylic acids is 1. The standard InChI is InChI=1S/C29H32F2N2O2/c1-29(2,3)24-10-12-25(13-11-24)35-20-21-6-4-7-22(18-21)28(34)33-16-14-32(15-17-33)19-23-8-5-9-26(30)27(23)31/h4-13,18H,14-17,19-20H2,1-3H3. The lowest BCUT2D eigenvalue weighted by Gasteiger charge is -2.35. The second-order valence-electron chi connectivity index (χ2n) is 10.0. The molecule has 0 spiro atoms. The molecule has 0 bridgehead atoms. The van der Waals surface area contributed by atoms with Crippen LogP contribution in [0.1, 0.15) is 47.8 Å². The van der Waals surface area contributed by atoms with Crippen LogP contribution in [0.3, 0.4) is 0 Å². The van der Waals surface area contributed by atoms with Gasteiger partial charge in [0.25, 0.3) is 5.91 Å². The summed E-state index contributed by atoms with van der Waals surface area (Å²) in [5.41, 5.74) is 3.23. The van der Waals surface area contributed by atoms with Gasteiger partial charge in [-0.3, -0.25) is 9.69 Å². The fraction of sp³-hybridized carbons (Fsp3) is 0.345. The molecule has 0 N–H and O–H groups in total. The largest absolute Gasteiger partial charge is 0.489 e. The molecular weight excluding hydrogens is 446 g/mol. The number of piperazine rings is 1. The van der Waals surface area contributed by atoms with E-state index < -0.39 is 11.6 Å². The number of carbonyl (C=O) groups is 1. The molecule has 4 rings (SSSR count). The van der Waals surface area contributed by atoms with E-state index in [1.807, 2.05) is 46.2 Å². The lowest BCUT2D eigenvalue weighted by atomic mass is 9.87. The number of benzene rings is 3. The second kappa shape index (κ2) is 10.6. The van der Waals surface area contributed by atoms with Crippen LogP contribution in [0.5, 0.6) is 5.75 Å². The molecule has 0 radical (unpaired) electrons. The first-order valence-electron chi connectivity index (χ1n) is 12.0. The van der Waals surface area contributed by atoms with Gasteiger partial charge >= 0.3 is 0 Å². The average Bonchev–Trinajstić information content (AvgIpc) is 2.85. The quantitative estimate of drug-likeness (QED) is 0.449. The van der Waals surface area contributed by atoms with Crippen LogP contribution in [-0.4, -0.2) is 41.9 Å². The van der Waals surface area contributed by atoms with Crippen LogP contribution < -0.4 is 4.74 Å². The highest BCUT2D eigenvalue weighted by molar-refractivity contribution is 5.94. The molecule has 1 amide bonds. The predicted molar refractivity (Wildman–Crippen MR) is 133 cm³/mol. The van der Waals surface area contributed by atoms with Crippen molar-refractivity contribution >= 4 is 5.91 Å². The summed E-state index contributed by atoms with van der Waals surface area (Å²) in [6, 6.07) is 19.9. The van der Waals surface area contributed by atoms with E-state index in [9.17, 15) is 13.6 Å². The van der Waals surface area contributed by atoms with Gasteiger partial charge in [-0.05, 0) is 46.9 Å². The van der Waals surface area contributed by atoms with Crippen molar-refractivity contribution in [3.05, 3.63) is 101 Å². The summed E-state index contributed by atoms with van der Waals surface area (Å²) >= 11 is 0. The van der Waals surface area contributed by atoms with Crippen molar-refractivity contribution < 1.29 is 18.3 Å². The molecule has 1 saturated heterocycles. The van der Waals surface area contributed by atoms with Gasteiger partial charge in [0.05, 0.1) is 0 Å². The lowest BCUT2D eigenvalue weighted by Crippen LogP contribution is -2.48. The monoisotopic (exact) mass is 478 g/mol. The molecule has 1 aliphatic heterocycles. The maximum absolute atomic E-state index is 14.0. The Kier molecular flexibility index (Phi) is 7.51. The van der Waals surface area contributed by atoms with E-state index in [2.05, 4.69) is 32.9 Å². The van der Waals surface area contributed by atoms with Crippen LogP contribution in [-0.2, 0) is 18.6 Å². The molecule has 1 aliphatic rings. The Morgan fingerprint density at radius 1 is 0.914 bits per heavy atom. The van der Waals surface area contributed by atoms with Crippen molar-refractivity contribution in [3.63, 3.8) is 0 Å². The molecule has 4 nitrogen and oxygen atoms in total. The second-order valence-corrected chi connectivity index (χ2v) is 10.0. The summed E-state index contributed by atoms with van der Waals surface area (Å²) in [4.78, 5) is 16.9. The van der Waals surface area contributed by atoms with Gasteiger partial charge in [0.2, 0.25) is 0 Å². The van der Waals surface area contributed by atoms with Gasteiger partial charge in [-0.2, -0.15) is 0 Å². The Bertz CT molecular complexity index is 1160. The molecule has 0 aliphatic carbocycles. The molecule has 3 aromatic carbocycles. The maximum atomic E-state index is 14.0. The first-order chi connectivity index (χ1) is 16.7. The molecule has 35 heavy (non-hydrogen) atoms. The molecule has 6 heteroatoms. The first kappa shape index (κ1) is 24.9. The van der Waals surface area contributed by atoms with E-state index in [1.165, 1.54) is 11.6 Å². The molecule has 1 fully saturated rings. The van der Waals surface area contributed by atoms with Crippen molar-refractivity contribution in [2.75, 3.05) is 26.2 Å². The third-order valence-corrected chi connectivity index (χ3v) is 6.38. The predicted octanol–water partition coefficient (Wildman–Crippen LogP) is 5.80. The summed E-state index contributed by atoms with van der Waals surface area (Å²) in [6.45, 7) is 9.52. The van der Waals surface area contributed by atoms with Crippen LogP contribution in [0.25, 0.3) is 0 Å². The highest BCUT2D eigenvalue weighted by Gasteiger charge is 2.23. The molecule has 184 valence electrons. The zero-order valence-corrected chi connectivity index (χ0v) is 20.6. The molecular formula is C29H32F2N2O2. The van der Waals surface area contributed by atoms with Gasteiger partial charge < -0.3 is 9.64 Å². The van der Waals surface area contributed by atoms with Gasteiger partial charge in [-0.15, -0.1) is 0 Å². The van der Waals surface area contributed by atoms with Crippen molar-refractivity contribution in [2.45, 2.75) is 39.3 Å². The third kappa shape index (κ3) is 6.25. The smallest absolute Gasteiger partial charge is 0.253 e. The first-order valence-corrected chi connectivity index (χ1v) is 12.0. The molecule has 0 atom stereocenters. The van der Waals surface area contributed by atoms with E-state index in [0.717, 1.165) is 17.4 Å². The highest BCUT2D eigenvalue weighted by atomic mass is 19.2. The zero-order chi connectivity index (χ0) is 25.0. The van der Waals surface area contributed by atoms with E-state index >= 15 is 0 Å². The summed E-state index contributed by atoms with van der Waals surface area (Å²) in [7, 11) is 0. The molecule has 0 unspecified atom stereocenters. The van der Waals surface area contributed by atoms with Crippen LogP contribution in [0.4, 0.5) is 8.78 Å². The Morgan fingerprint density at radius 3 is 2.29 bits per heavy atom. The molecule has 0 aromatic heterocycles. The number of ether oxygens (including phenoxy) is 1. The van der Waals surface area contributed by atoms with E-state index in [0.29, 0.717) is 50.5 Å². The number of nitrogens with zero attached hydrogens (tertiary/aromatic N) is 2. The van der Waals surface area contributed by atoms with E-state index in [4.69, 9.17) is 4.74 Å². The van der Waals surface area contributed by atoms with Crippen molar-refractivity contribution in [1.82, 2.24) is 9.80 Å². The van der Waals surface area contributed by atoms with Crippen LogP contribution >= 0.6 is 0 Å². The number of rotatable bonds is 6. The van der Waals surface area contributed by atoms with Gasteiger partial charge in [0.15, 0.2) is 11.6 Å². The lowest BCUT2D eigenvalue weighted by molar-refractivity contribution is 0.0626. The SMILES string of the molecule is CC(C)(C)c1ccc(OCc2cccc(C(=O)N3CCN(Cc4cccc(F)c4F)CC3)c2)cc1. The number of amides is 1. The van der Waals surface area contributed by atoms with Gasteiger partial charge in [0.1, 0.15) is 12.4 Å². The van der Waals surface area contributed by atoms with Crippen molar-refractivity contribution in [3.8, 4) is 5.75 Å². The summed E-state index contributed by atoms with van der Waals surface area (Å²) < 4.78 is 33.4. The van der Waals surface area contributed by atoms with Gasteiger partial charge in [0, 0.05) is 43.9 Å². The summed E-state index contributed by atoms with van der Waals surface area (Å²) in [5, 5.41) is 0. The minimum atomic E-state index is -0.831. The third-order valence-electron chi connectivity index (χ3n) is 6.38. The normalized spacial score (nSPS) is 14.7. The van der Waals surface area contributed by atoms with E-state index in [-0.39, 0.29) is 11.3 Å². The fourth-order valence-electron chi connectivity index (χ4n) is 4.22. The summed E-state index contributed by atoms with van der Waals surface area (Å²) in [6.07, 6.45) is 0. The maximum Gasteiger partial charge on any atom is 0.253 e. The summed E-state index contributed by atoms with van der Waals surface area (Å²) in [5.74, 6) is -0.865. The van der Waals surface area contributed by atoms with E-state index in [1.54, 1.807) is 6.07 Å². The number of hydrogen-bond acceptors (Lipinski definition) is 3. The molecule has 3 aromatic rings. The molecule has 1 heterocycles. The fourth-order valence-corrected chi connectivity index (χ4v) is 4.22. The topological polar surface area (TPSA) is 32.8 Å². The number of hydrogen-bond donors (Lipinski definition) is 0. The van der Waals surface area contributed by atoms with Gasteiger partial charge in [-0.25, -0.2) is 8.78 Å². The minimum Gasteiger partial charge on any atom is -0.489 e. The van der Waals surface area contributed by atoms with Gasteiger partial charge in [-0.1, -0.05) is 57.2 Å². The van der Waals surface area contributed by atoms with Crippen molar-refractivity contribution in [1.29, 1.82) is 0 Å². The highest BCUT2D eigenvalue weighted by Crippen LogP contribution is 2.25. The van der Waals surface area contributed by atoms with Crippen molar-refractivity contribution in [2.24, 2.45) is 0 Å². The Balaban J connectivity index is 1.31. The minimum absolute atomic E-state index is 0.0297. The van der Waals surface area contributed by atoms with Crippen LogP contribution in [0, 0.1) is 11.6 Å². The number of halogens is 2. The molecule has 0 saturated carbocycles. The van der Waals surface area contributed by atoms with Crippen LogP contribution in [0.2, 0.25) is 0 Å². The Labute approximate surface area is 206 Å². The zero-order valence-electron chi connectivity index (χ0n) is 20.6. The van der Waals surface area contributed by atoms with Crippen LogP contribution in [0.15, 0.2) is 66.7 Å². The Hall–Kier alpha value is -3.25.